The highest BCUT2D eigenvalue weighted by Gasteiger charge is 1.89. The van der Waals surface area contributed by atoms with Crippen LogP contribution in [-0.4, -0.2) is 19.3 Å². The molecule has 0 saturated carbocycles. The van der Waals surface area contributed by atoms with E-state index in [-0.39, 0.29) is 0 Å². The lowest BCUT2D eigenvalue weighted by molar-refractivity contribution is -0.134. The van der Waals surface area contributed by atoms with Crippen LogP contribution in [0.2, 0.25) is 0 Å². The Kier molecular flexibility index (Phi) is 4.73. The Morgan fingerprint density at radius 2 is 2.18 bits per heavy atom. The Morgan fingerprint density at radius 3 is 2.64 bits per heavy atom. The maximum absolute atomic E-state index is 10.5. The van der Waals surface area contributed by atoms with E-state index in [9.17, 15) is 4.79 Å². The zero-order valence-corrected chi connectivity index (χ0v) is 6.70. The molecule has 0 rings (SSSR count). The Morgan fingerprint density at radius 1 is 1.55 bits per heavy atom. The summed E-state index contributed by atoms with van der Waals surface area (Å²) >= 11 is 0. The van der Waals surface area contributed by atoms with Gasteiger partial charge in [0.2, 0.25) is 0 Å². The van der Waals surface area contributed by atoms with E-state index in [4.69, 9.17) is 0 Å². The van der Waals surface area contributed by atoms with Crippen LogP contribution in [0.25, 0.3) is 0 Å². The van der Waals surface area contributed by atoms with E-state index in [0.717, 1.165) is 0 Å². The molecule has 11 heavy (non-hydrogen) atoms. The highest BCUT2D eigenvalue weighted by molar-refractivity contribution is 5.82. The largest absolute Gasteiger partial charge is 0.466 e. The molecule has 0 unspecified atom stereocenters. The molecule has 3 nitrogen and oxygen atoms in total. The van der Waals surface area contributed by atoms with E-state index in [1.807, 2.05) is 0 Å². The molecule has 0 atom stereocenters. The van der Waals surface area contributed by atoms with Crippen molar-refractivity contribution >= 4 is 12.2 Å². The summed E-state index contributed by atoms with van der Waals surface area (Å²) in [7, 11) is 1.32. The molecular weight excluding hydrogens is 142 g/mol. The van der Waals surface area contributed by atoms with Crippen LogP contribution in [0.5, 0.6) is 0 Å². The minimum atomic E-state index is -0.405. The average Bonchev–Trinajstić information content (AvgIpc) is 2.01. The third-order valence-corrected chi connectivity index (χ3v) is 0.908. The number of ether oxygens (including phenoxy) is 1. The first-order valence-electron chi connectivity index (χ1n) is 3.14. The molecule has 0 fully saturated rings. The van der Waals surface area contributed by atoms with Crippen molar-refractivity contribution in [2.75, 3.05) is 7.11 Å². The van der Waals surface area contributed by atoms with Gasteiger partial charge in [0.1, 0.15) is 0 Å². The van der Waals surface area contributed by atoms with E-state index in [1.54, 1.807) is 13.1 Å². The zero-order valence-electron chi connectivity index (χ0n) is 6.70. The Bertz CT molecular complexity index is 204. The van der Waals surface area contributed by atoms with Crippen molar-refractivity contribution in [3.05, 3.63) is 24.4 Å². The van der Waals surface area contributed by atoms with Crippen LogP contribution in [0.4, 0.5) is 0 Å². The molecule has 60 valence electrons. The minimum Gasteiger partial charge on any atom is -0.466 e. The van der Waals surface area contributed by atoms with Gasteiger partial charge in [0.05, 0.1) is 12.8 Å². The van der Waals surface area contributed by atoms with Crippen molar-refractivity contribution in [1.29, 1.82) is 0 Å². The molecular formula is C8H11NO2. The molecule has 0 bridgehead atoms. The summed E-state index contributed by atoms with van der Waals surface area (Å²) in [5.74, 6) is -0.405. The highest BCUT2D eigenvalue weighted by Crippen LogP contribution is 1.93. The van der Waals surface area contributed by atoms with Crippen LogP contribution in [0.1, 0.15) is 6.92 Å². The fraction of sp³-hybridized carbons (Fsp3) is 0.250. The summed E-state index contributed by atoms with van der Waals surface area (Å²) in [5, 5.41) is 0. The van der Waals surface area contributed by atoms with Crippen molar-refractivity contribution < 1.29 is 9.53 Å². The molecule has 0 amide bonds. The Hall–Kier alpha value is -1.38. The number of aliphatic imine (C=N–C) groups is 1. The summed E-state index contributed by atoms with van der Waals surface area (Å²) in [6.45, 7) is 5.33. The summed E-state index contributed by atoms with van der Waals surface area (Å²) in [6, 6.07) is 0. The quantitative estimate of drug-likeness (QED) is 0.265. The Labute approximate surface area is 66.1 Å². The van der Waals surface area contributed by atoms with Gasteiger partial charge >= 0.3 is 5.97 Å². The first-order valence-corrected chi connectivity index (χ1v) is 3.14. The first-order chi connectivity index (χ1) is 5.20. The summed E-state index contributed by atoms with van der Waals surface area (Å²) < 4.78 is 4.36. The molecule has 0 aliphatic rings. The SMILES string of the molecule is C=C(/C=C/C(=O)OC)N=CC. The maximum Gasteiger partial charge on any atom is 0.330 e. The normalized spacial score (nSPS) is 10.7. The van der Waals surface area contributed by atoms with Gasteiger partial charge in [-0.15, -0.1) is 0 Å². The number of methoxy groups -OCH3 is 1. The maximum atomic E-state index is 10.5. The van der Waals surface area contributed by atoms with Gasteiger partial charge in [-0.2, -0.15) is 0 Å². The lowest BCUT2D eigenvalue weighted by Gasteiger charge is -1.89. The highest BCUT2D eigenvalue weighted by atomic mass is 16.5. The second-order valence-electron chi connectivity index (χ2n) is 1.74. The lowest BCUT2D eigenvalue weighted by Crippen LogP contribution is -1.93. The van der Waals surface area contributed by atoms with E-state index < -0.39 is 5.97 Å². The molecule has 0 aromatic heterocycles. The molecule has 0 aromatic rings. The summed E-state index contributed by atoms with van der Waals surface area (Å²) in [4.78, 5) is 14.3. The number of allylic oxidation sites excluding steroid dienone is 1. The number of carbonyl (C=O) groups is 1. The molecule has 0 aromatic carbocycles. The van der Waals surface area contributed by atoms with Crippen molar-refractivity contribution in [2.45, 2.75) is 6.92 Å². The van der Waals surface area contributed by atoms with Crippen molar-refractivity contribution in [3.8, 4) is 0 Å². The lowest BCUT2D eigenvalue weighted by atomic mass is 10.4. The molecule has 0 aliphatic carbocycles. The van der Waals surface area contributed by atoms with Crippen LogP contribution < -0.4 is 0 Å². The predicted molar refractivity (Wildman–Crippen MR) is 44.5 cm³/mol. The molecule has 0 heterocycles. The standard InChI is InChI=1S/C8H11NO2/c1-4-9-7(2)5-6-8(10)11-3/h4-6H,2H2,1,3H3/b6-5+,9-4?. The monoisotopic (exact) mass is 153 g/mol. The number of rotatable bonds is 3. The molecule has 0 spiro atoms. The topological polar surface area (TPSA) is 38.7 Å². The number of nitrogens with zero attached hydrogens (tertiary/aromatic N) is 1. The zero-order chi connectivity index (χ0) is 8.69. The van der Waals surface area contributed by atoms with Crippen molar-refractivity contribution in [3.63, 3.8) is 0 Å². The molecule has 3 heteroatoms. The molecule has 0 N–H and O–H groups in total. The third-order valence-electron chi connectivity index (χ3n) is 0.908. The molecule has 0 aliphatic heterocycles. The third kappa shape index (κ3) is 5.08. The van der Waals surface area contributed by atoms with Gasteiger partial charge in [0, 0.05) is 12.3 Å². The number of hydrogen-bond acceptors (Lipinski definition) is 3. The van der Waals surface area contributed by atoms with E-state index in [0.29, 0.717) is 5.70 Å². The molecule has 0 saturated heterocycles. The van der Waals surface area contributed by atoms with Crippen LogP contribution in [0.15, 0.2) is 29.4 Å². The van der Waals surface area contributed by atoms with E-state index in [1.165, 1.54) is 19.3 Å². The minimum absolute atomic E-state index is 0.405. The smallest absolute Gasteiger partial charge is 0.330 e. The van der Waals surface area contributed by atoms with Gasteiger partial charge in [-0.1, -0.05) is 6.58 Å². The number of carbonyl (C=O) groups excluding carboxylic acids is 1. The average molecular weight is 153 g/mol. The van der Waals surface area contributed by atoms with Crippen LogP contribution >= 0.6 is 0 Å². The first kappa shape index (κ1) is 9.62. The van der Waals surface area contributed by atoms with Crippen LogP contribution in [0.3, 0.4) is 0 Å². The second kappa shape index (κ2) is 5.41. The number of esters is 1. The van der Waals surface area contributed by atoms with Gasteiger partial charge in [-0.3, -0.25) is 4.99 Å². The van der Waals surface area contributed by atoms with Crippen molar-refractivity contribution in [2.24, 2.45) is 4.99 Å². The van der Waals surface area contributed by atoms with Crippen molar-refractivity contribution in [1.82, 2.24) is 0 Å². The number of hydrogen-bond donors (Lipinski definition) is 0. The van der Waals surface area contributed by atoms with Crippen LogP contribution in [-0.2, 0) is 9.53 Å². The van der Waals surface area contributed by atoms with Gasteiger partial charge in [0.15, 0.2) is 0 Å². The fourth-order valence-electron chi connectivity index (χ4n) is 0.441. The Balaban J connectivity index is 3.93. The predicted octanol–water partition coefficient (Wildman–Crippen LogP) is 1.32. The van der Waals surface area contributed by atoms with Gasteiger partial charge in [-0.25, -0.2) is 4.79 Å². The fourth-order valence-corrected chi connectivity index (χ4v) is 0.441. The van der Waals surface area contributed by atoms with Gasteiger partial charge in [0.25, 0.3) is 0 Å². The van der Waals surface area contributed by atoms with E-state index >= 15 is 0 Å². The van der Waals surface area contributed by atoms with Gasteiger partial charge in [-0.05, 0) is 13.0 Å². The molecule has 0 radical (unpaired) electrons. The summed E-state index contributed by atoms with van der Waals surface area (Å²) in [5.41, 5.74) is 0.526. The van der Waals surface area contributed by atoms with E-state index in [2.05, 4.69) is 16.3 Å². The van der Waals surface area contributed by atoms with Crippen LogP contribution in [0, 0.1) is 0 Å². The van der Waals surface area contributed by atoms with Gasteiger partial charge < -0.3 is 4.74 Å². The summed E-state index contributed by atoms with van der Waals surface area (Å²) in [6.07, 6.45) is 4.37. The second-order valence-corrected chi connectivity index (χ2v) is 1.74.